The standard InChI is InChI=1S/C29H35N3O4S/c1-20-18-23(35-22-10-7-6-8-11-22)13-14-24(20)30-26(25-12-9-17-37-25)27(33)31-15-16-32(21(2)19-31)28(34)36-29(3,4)5/h6-14,17-18,21,26,30H,15-16,19H2,1-5H3/t21-,26+/m0/s1. The summed E-state index contributed by atoms with van der Waals surface area (Å²) in [4.78, 5) is 30.9. The average molecular weight is 522 g/mol. The molecule has 37 heavy (non-hydrogen) atoms. The van der Waals surface area contributed by atoms with E-state index in [0.29, 0.717) is 19.6 Å². The summed E-state index contributed by atoms with van der Waals surface area (Å²) in [5.41, 5.74) is 1.29. The normalized spacial score (nSPS) is 16.7. The molecule has 2 atom stereocenters. The van der Waals surface area contributed by atoms with Gasteiger partial charge >= 0.3 is 6.09 Å². The Morgan fingerprint density at radius 3 is 2.41 bits per heavy atom. The van der Waals surface area contributed by atoms with Crippen LogP contribution in [-0.2, 0) is 9.53 Å². The molecule has 0 aliphatic carbocycles. The van der Waals surface area contributed by atoms with Gasteiger partial charge in [0.15, 0.2) is 0 Å². The van der Waals surface area contributed by atoms with E-state index in [2.05, 4.69) is 5.32 Å². The highest BCUT2D eigenvalue weighted by Crippen LogP contribution is 2.31. The van der Waals surface area contributed by atoms with Gasteiger partial charge in [0.1, 0.15) is 23.1 Å². The van der Waals surface area contributed by atoms with Gasteiger partial charge in [0.2, 0.25) is 0 Å². The summed E-state index contributed by atoms with van der Waals surface area (Å²) in [5.74, 6) is 1.50. The highest BCUT2D eigenvalue weighted by molar-refractivity contribution is 7.10. The van der Waals surface area contributed by atoms with Gasteiger partial charge in [0.25, 0.3) is 5.91 Å². The van der Waals surface area contributed by atoms with Gasteiger partial charge < -0.3 is 24.6 Å². The van der Waals surface area contributed by atoms with Crippen LogP contribution in [0.5, 0.6) is 11.5 Å². The molecule has 4 rings (SSSR count). The first kappa shape index (κ1) is 26.5. The predicted octanol–water partition coefficient (Wildman–Crippen LogP) is 6.47. The Labute approximate surface area is 223 Å². The number of piperazine rings is 1. The molecule has 1 aliphatic heterocycles. The topological polar surface area (TPSA) is 71.1 Å². The van der Waals surface area contributed by atoms with Crippen LogP contribution in [0, 0.1) is 6.92 Å². The van der Waals surface area contributed by atoms with Crippen molar-refractivity contribution >= 4 is 29.0 Å². The quantitative estimate of drug-likeness (QED) is 0.403. The second-order valence-corrected chi connectivity index (χ2v) is 11.3. The number of hydrogen-bond acceptors (Lipinski definition) is 6. The van der Waals surface area contributed by atoms with Crippen molar-refractivity contribution in [1.29, 1.82) is 0 Å². The molecule has 2 heterocycles. The van der Waals surface area contributed by atoms with E-state index >= 15 is 0 Å². The van der Waals surface area contributed by atoms with Crippen LogP contribution in [0.2, 0.25) is 0 Å². The van der Waals surface area contributed by atoms with E-state index < -0.39 is 11.6 Å². The monoisotopic (exact) mass is 521 g/mol. The maximum atomic E-state index is 13.8. The highest BCUT2D eigenvalue weighted by atomic mass is 32.1. The van der Waals surface area contributed by atoms with Crippen molar-refractivity contribution < 1.29 is 19.1 Å². The molecule has 2 aromatic carbocycles. The molecule has 1 aromatic heterocycles. The molecule has 0 bridgehead atoms. The minimum Gasteiger partial charge on any atom is -0.457 e. The fraction of sp³-hybridized carbons (Fsp3) is 0.379. The molecule has 0 saturated carbocycles. The van der Waals surface area contributed by atoms with Gasteiger partial charge in [-0.2, -0.15) is 0 Å². The lowest BCUT2D eigenvalue weighted by atomic mass is 10.1. The first-order valence-electron chi connectivity index (χ1n) is 12.5. The van der Waals surface area contributed by atoms with E-state index in [1.807, 2.05) is 106 Å². The fourth-order valence-electron chi connectivity index (χ4n) is 4.28. The minimum atomic E-state index is -0.558. The summed E-state index contributed by atoms with van der Waals surface area (Å²) in [7, 11) is 0. The van der Waals surface area contributed by atoms with E-state index in [9.17, 15) is 9.59 Å². The maximum Gasteiger partial charge on any atom is 0.410 e. The van der Waals surface area contributed by atoms with Crippen LogP contribution >= 0.6 is 11.3 Å². The van der Waals surface area contributed by atoms with Gasteiger partial charge in [-0.15, -0.1) is 11.3 Å². The molecule has 2 amide bonds. The third-order valence-electron chi connectivity index (χ3n) is 6.12. The van der Waals surface area contributed by atoms with Crippen molar-refractivity contribution in [3.05, 3.63) is 76.5 Å². The first-order chi connectivity index (χ1) is 17.6. The number of carbonyl (C=O) groups is 2. The molecule has 8 heteroatoms. The third kappa shape index (κ3) is 6.83. The molecule has 1 fully saturated rings. The van der Waals surface area contributed by atoms with Gasteiger partial charge in [0, 0.05) is 36.2 Å². The summed E-state index contributed by atoms with van der Waals surface area (Å²) in [6.45, 7) is 10.9. The van der Waals surface area contributed by atoms with Crippen LogP contribution in [0.1, 0.15) is 44.2 Å². The van der Waals surface area contributed by atoms with E-state index in [-0.39, 0.29) is 18.0 Å². The predicted molar refractivity (Wildman–Crippen MR) is 147 cm³/mol. The van der Waals surface area contributed by atoms with Gasteiger partial charge in [-0.3, -0.25) is 4.79 Å². The average Bonchev–Trinajstić information content (AvgIpc) is 3.37. The molecule has 3 aromatic rings. The second kappa shape index (κ2) is 11.3. The highest BCUT2D eigenvalue weighted by Gasteiger charge is 2.35. The molecule has 0 radical (unpaired) electrons. The number of rotatable bonds is 6. The number of carbonyl (C=O) groups excluding carboxylic acids is 2. The summed E-state index contributed by atoms with van der Waals surface area (Å²) in [5, 5.41) is 5.45. The number of aryl methyl sites for hydroxylation is 1. The Morgan fingerprint density at radius 1 is 1.03 bits per heavy atom. The molecule has 0 unspecified atom stereocenters. The molecule has 1 saturated heterocycles. The van der Waals surface area contributed by atoms with Crippen molar-refractivity contribution in [1.82, 2.24) is 9.80 Å². The Kier molecular flexibility index (Phi) is 8.07. The van der Waals surface area contributed by atoms with Crippen LogP contribution in [0.15, 0.2) is 66.0 Å². The molecule has 1 aliphatic rings. The van der Waals surface area contributed by atoms with Crippen LogP contribution in [0.25, 0.3) is 0 Å². The van der Waals surface area contributed by atoms with E-state index in [1.54, 1.807) is 16.2 Å². The summed E-state index contributed by atoms with van der Waals surface area (Å²) in [6.07, 6.45) is -0.339. The zero-order valence-electron chi connectivity index (χ0n) is 22.1. The first-order valence-corrected chi connectivity index (χ1v) is 13.4. The Bertz CT molecular complexity index is 1210. The zero-order chi connectivity index (χ0) is 26.6. The summed E-state index contributed by atoms with van der Waals surface area (Å²) in [6, 6.07) is 18.7. The number of hydrogen-bond donors (Lipinski definition) is 1. The summed E-state index contributed by atoms with van der Waals surface area (Å²) >= 11 is 1.55. The Hall–Kier alpha value is -3.52. The number of para-hydroxylation sites is 1. The molecular formula is C29H35N3O4S. The zero-order valence-corrected chi connectivity index (χ0v) is 22.9. The number of anilines is 1. The van der Waals surface area contributed by atoms with Gasteiger partial charge in [-0.25, -0.2) is 4.79 Å². The van der Waals surface area contributed by atoms with Gasteiger partial charge in [-0.1, -0.05) is 24.3 Å². The van der Waals surface area contributed by atoms with Crippen LogP contribution in [0.4, 0.5) is 10.5 Å². The number of nitrogens with one attached hydrogen (secondary N) is 1. The van der Waals surface area contributed by atoms with E-state index in [0.717, 1.165) is 27.6 Å². The smallest absolute Gasteiger partial charge is 0.410 e. The summed E-state index contributed by atoms with van der Waals surface area (Å²) < 4.78 is 11.5. The lowest BCUT2D eigenvalue weighted by Gasteiger charge is -2.41. The fourth-order valence-corrected chi connectivity index (χ4v) is 5.05. The van der Waals surface area contributed by atoms with Crippen molar-refractivity contribution in [2.45, 2.75) is 52.3 Å². The van der Waals surface area contributed by atoms with Crippen molar-refractivity contribution in [3.8, 4) is 11.5 Å². The van der Waals surface area contributed by atoms with Crippen LogP contribution < -0.4 is 10.1 Å². The lowest BCUT2D eigenvalue weighted by Crippen LogP contribution is -2.57. The number of ether oxygens (including phenoxy) is 2. The van der Waals surface area contributed by atoms with Gasteiger partial charge in [0.05, 0.1) is 0 Å². The molecule has 1 N–H and O–H groups in total. The maximum absolute atomic E-state index is 13.8. The van der Waals surface area contributed by atoms with Crippen molar-refractivity contribution in [2.75, 3.05) is 25.0 Å². The SMILES string of the molecule is Cc1cc(Oc2ccccc2)ccc1N[C@@H](C(=O)N1CCN(C(=O)OC(C)(C)C)[C@@H](C)C1)c1cccs1. The largest absolute Gasteiger partial charge is 0.457 e. The number of benzene rings is 2. The van der Waals surface area contributed by atoms with Crippen LogP contribution in [-0.4, -0.2) is 53.1 Å². The minimum absolute atomic E-state index is 0.0119. The second-order valence-electron chi connectivity index (χ2n) is 10.3. The number of nitrogens with zero attached hydrogens (tertiary/aromatic N) is 2. The van der Waals surface area contributed by atoms with Crippen molar-refractivity contribution in [2.24, 2.45) is 0 Å². The Balaban J connectivity index is 1.47. The van der Waals surface area contributed by atoms with Gasteiger partial charge in [-0.05, 0) is 82.0 Å². The van der Waals surface area contributed by atoms with E-state index in [4.69, 9.17) is 9.47 Å². The Morgan fingerprint density at radius 2 is 1.78 bits per heavy atom. The number of thiophene rings is 1. The lowest BCUT2D eigenvalue weighted by molar-refractivity contribution is -0.135. The van der Waals surface area contributed by atoms with Crippen LogP contribution in [0.3, 0.4) is 0 Å². The molecule has 196 valence electrons. The van der Waals surface area contributed by atoms with Crippen molar-refractivity contribution in [3.63, 3.8) is 0 Å². The molecule has 0 spiro atoms. The molecule has 7 nitrogen and oxygen atoms in total. The number of amides is 2. The molecular weight excluding hydrogens is 486 g/mol. The van der Waals surface area contributed by atoms with E-state index in [1.165, 1.54) is 0 Å². The third-order valence-corrected chi connectivity index (χ3v) is 7.06.